The Bertz CT molecular complexity index is 888. The Hall–Kier alpha value is -3.02. The van der Waals surface area contributed by atoms with Gasteiger partial charge in [-0.05, 0) is 29.8 Å². The molecule has 0 saturated carbocycles. The summed E-state index contributed by atoms with van der Waals surface area (Å²) in [4.78, 5) is 24.2. The van der Waals surface area contributed by atoms with Crippen molar-refractivity contribution in [3.05, 3.63) is 75.8 Å². The van der Waals surface area contributed by atoms with E-state index in [1.54, 1.807) is 24.3 Å². The minimum Gasteiger partial charge on any atom is -0.456 e. The summed E-state index contributed by atoms with van der Waals surface area (Å²) in [5.41, 5.74) is 0.369. The molecule has 0 radical (unpaired) electrons. The number of H-pyrrole nitrogens is 1. The number of nitrogens with zero attached hydrogens (tertiary/aromatic N) is 1. The molecule has 1 aromatic heterocycles. The molecule has 0 fully saturated rings. The summed E-state index contributed by atoms with van der Waals surface area (Å²) in [6, 6.07) is 12.3. The van der Waals surface area contributed by atoms with Crippen molar-refractivity contribution in [1.82, 2.24) is 10.2 Å². The van der Waals surface area contributed by atoms with E-state index < -0.39 is 11.4 Å². The van der Waals surface area contributed by atoms with Gasteiger partial charge in [0.15, 0.2) is 0 Å². The van der Waals surface area contributed by atoms with Gasteiger partial charge in [-0.15, -0.1) is 0 Å². The van der Waals surface area contributed by atoms with Crippen molar-refractivity contribution < 1.29 is 13.9 Å². The molecule has 0 unspecified atom stereocenters. The van der Waals surface area contributed by atoms with E-state index in [0.29, 0.717) is 16.5 Å². The van der Waals surface area contributed by atoms with Gasteiger partial charge in [-0.3, -0.25) is 9.89 Å². The molecule has 0 atom stereocenters. The van der Waals surface area contributed by atoms with Crippen molar-refractivity contribution in [1.29, 1.82) is 0 Å². The summed E-state index contributed by atoms with van der Waals surface area (Å²) in [6.45, 7) is -0.0624. The van der Waals surface area contributed by atoms with E-state index in [1.165, 1.54) is 24.3 Å². The van der Waals surface area contributed by atoms with Crippen LogP contribution < -0.4 is 5.43 Å². The zero-order valence-electron chi connectivity index (χ0n) is 11.4. The third kappa shape index (κ3) is 2.71. The average molecular weight is 298 g/mol. The molecule has 110 valence electrons. The summed E-state index contributed by atoms with van der Waals surface area (Å²) in [5, 5.41) is 6.77. The Kier molecular flexibility index (Phi) is 3.65. The van der Waals surface area contributed by atoms with Gasteiger partial charge < -0.3 is 4.74 Å². The maximum atomic E-state index is 12.8. The van der Waals surface area contributed by atoms with Gasteiger partial charge in [0, 0.05) is 5.39 Å². The van der Waals surface area contributed by atoms with Crippen LogP contribution in [0.3, 0.4) is 0 Å². The molecule has 3 aromatic rings. The number of hydrogen-bond acceptors (Lipinski definition) is 4. The van der Waals surface area contributed by atoms with Crippen molar-refractivity contribution in [3.8, 4) is 0 Å². The first kappa shape index (κ1) is 13.9. The zero-order chi connectivity index (χ0) is 15.5. The zero-order valence-corrected chi connectivity index (χ0v) is 11.4. The lowest BCUT2D eigenvalue weighted by molar-refractivity contribution is 0.0463. The molecule has 6 heteroatoms. The highest BCUT2D eigenvalue weighted by atomic mass is 19.1. The van der Waals surface area contributed by atoms with E-state index in [1.807, 2.05) is 0 Å². The van der Waals surface area contributed by atoms with Crippen LogP contribution in [0, 0.1) is 5.82 Å². The lowest BCUT2D eigenvalue weighted by atomic mass is 10.2. The molecular weight excluding hydrogens is 287 g/mol. The molecule has 2 aromatic carbocycles. The van der Waals surface area contributed by atoms with E-state index >= 15 is 0 Å². The van der Waals surface area contributed by atoms with E-state index in [2.05, 4.69) is 10.2 Å². The van der Waals surface area contributed by atoms with Gasteiger partial charge in [0.05, 0.1) is 5.52 Å². The number of nitrogens with one attached hydrogen (secondary N) is 1. The van der Waals surface area contributed by atoms with E-state index in [0.717, 1.165) is 0 Å². The maximum Gasteiger partial charge on any atom is 0.363 e. The third-order valence-electron chi connectivity index (χ3n) is 3.15. The topological polar surface area (TPSA) is 72.0 Å². The van der Waals surface area contributed by atoms with Crippen LogP contribution in [0.4, 0.5) is 4.39 Å². The quantitative estimate of drug-likeness (QED) is 0.754. The molecule has 0 aliphatic carbocycles. The van der Waals surface area contributed by atoms with Gasteiger partial charge in [-0.25, -0.2) is 9.18 Å². The highest BCUT2D eigenvalue weighted by Gasteiger charge is 2.16. The van der Waals surface area contributed by atoms with Crippen molar-refractivity contribution in [2.75, 3.05) is 0 Å². The lowest BCUT2D eigenvalue weighted by Gasteiger charge is -2.05. The van der Waals surface area contributed by atoms with Gasteiger partial charge in [0.25, 0.3) is 0 Å². The maximum absolute atomic E-state index is 12.8. The van der Waals surface area contributed by atoms with Crippen LogP contribution in [-0.2, 0) is 11.3 Å². The number of carbonyl (C=O) groups is 1. The number of halogens is 1. The molecule has 1 N–H and O–H groups in total. The average Bonchev–Trinajstić information content (AvgIpc) is 2.55. The van der Waals surface area contributed by atoms with Crippen LogP contribution in [0.25, 0.3) is 10.9 Å². The number of carbonyl (C=O) groups excluding carboxylic acids is 1. The summed E-state index contributed by atoms with van der Waals surface area (Å²) in [5.74, 6) is -1.20. The number of aromatic amines is 1. The van der Waals surface area contributed by atoms with Gasteiger partial charge in [0.2, 0.25) is 11.1 Å². The monoisotopic (exact) mass is 298 g/mol. The highest BCUT2D eigenvalue weighted by Crippen LogP contribution is 2.08. The molecule has 1 heterocycles. The number of esters is 1. The Labute approximate surface area is 124 Å². The first-order valence-corrected chi connectivity index (χ1v) is 6.54. The molecule has 0 saturated heterocycles. The van der Waals surface area contributed by atoms with Crippen LogP contribution >= 0.6 is 0 Å². The standard InChI is InChI=1S/C16H11FN2O3/c17-11-7-5-10(6-8-11)9-22-16(21)14-15(20)12-3-1-2-4-13(12)18-19-14/h1-8H,9H2,(H,18,20). The van der Waals surface area contributed by atoms with Gasteiger partial charge in [0.1, 0.15) is 12.4 Å². The fourth-order valence-electron chi connectivity index (χ4n) is 2.01. The van der Waals surface area contributed by atoms with Crippen molar-refractivity contribution in [3.63, 3.8) is 0 Å². The van der Waals surface area contributed by atoms with Gasteiger partial charge in [-0.2, -0.15) is 5.10 Å². The first-order chi connectivity index (χ1) is 10.6. The number of hydrogen-bond donors (Lipinski definition) is 1. The highest BCUT2D eigenvalue weighted by molar-refractivity contribution is 5.91. The lowest BCUT2D eigenvalue weighted by Crippen LogP contribution is -2.20. The number of fused-ring (bicyclic) bond motifs is 1. The molecule has 0 bridgehead atoms. The summed E-state index contributed by atoms with van der Waals surface area (Å²) in [7, 11) is 0. The number of benzene rings is 2. The van der Waals surface area contributed by atoms with Crippen LogP contribution in [0.15, 0.2) is 53.3 Å². The second kappa shape index (κ2) is 5.77. The molecule has 0 aliphatic rings. The van der Waals surface area contributed by atoms with Gasteiger partial charge in [-0.1, -0.05) is 24.3 Å². The number of rotatable bonds is 3. The van der Waals surface area contributed by atoms with Crippen LogP contribution in [0.1, 0.15) is 16.1 Å². The minimum atomic E-state index is -0.823. The van der Waals surface area contributed by atoms with Crippen molar-refractivity contribution in [2.45, 2.75) is 6.61 Å². The second-order valence-electron chi connectivity index (χ2n) is 4.65. The normalized spacial score (nSPS) is 10.6. The Morgan fingerprint density at radius 1 is 1.14 bits per heavy atom. The Morgan fingerprint density at radius 2 is 1.86 bits per heavy atom. The summed E-state index contributed by atoms with van der Waals surface area (Å²) < 4.78 is 17.8. The number of para-hydroxylation sites is 1. The predicted octanol–water partition coefficient (Wildman–Crippen LogP) is 2.42. The minimum absolute atomic E-state index is 0.0624. The fourth-order valence-corrected chi connectivity index (χ4v) is 2.01. The molecular formula is C16H11FN2O3. The summed E-state index contributed by atoms with van der Waals surface area (Å²) >= 11 is 0. The van der Waals surface area contributed by atoms with Crippen LogP contribution in [0.5, 0.6) is 0 Å². The Balaban J connectivity index is 1.82. The number of aromatic nitrogens is 2. The SMILES string of the molecule is O=C(OCc1ccc(F)cc1)c1n[nH]c2ccccc2c1=O. The molecule has 0 amide bonds. The van der Waals surface area contributed by atoms with E-state index in [9.17, 15) is 14.0 Å². The van der Waals surface area contributed by atoms with E-state index in [4.69, 9.17) is 4.74 Å². The molecule has 0 spiro atoms. The second-order valence-corrected chi connectivity index (χ2v) is 4.65. The third-order valence-corrected chi connectivity index (χ3v) is 3.15. The van der Waals surface area contributed by atoms with Crippen LogP contribution in [0.2, 0.25) is 0 Å². The predicted molar refractivity (Wildman–Crippen MR) is 77.9 cm³/mol. The van der Waals surface area contributed by atoms with Crippen molar-refractivity contribution in [2.24, 2.45) is 0 Å². The summed E-state index contributed by atoms with van der Waals surface area (Å²) in [6.07, 6.45) is 0. The van der Waals surface area contributed by atoms with E-state index in [-0.39, 0.29) is 18.1 Å². The first-order valence-electron chi connectivity index (χ1n) is 6.54. The van der Waals surface area contributed by atoms with Gasteiger partial charge >= 0.3 is 5.97 Å². The van der Waals surface area contributed by atoms with Crippen molar-refractivity contribution >= 4 is 16.9 Å². The number of ether oxygens (including phenoxy) is 1. The molecule has 22 heavy (non-hydrogen) atoms. The molecule has 0 aliphatic heterocycles. The Morgan fingerprint density at radius 3 is 2.64 bits per heavy atom. The smallest absolute Gasteiger partial charge is 0.363 e. The largest absolute Gasteiger partial charge is 0.456 e. The molecule has 5 nitrogen and oxygen atoms in total. The fraction of sp³-hybridized carbons (Fsp3) is 0.0625. The molecule has 3 rings (SSSR count). The van der Waals surface area contributed by atoms with Crippen LogP contribution in [-0.4, -0.2) is 16.2 Å².